The Morgan fingerprint density at radius 3 is 2.41 bits per heavy atom. The Morgan fingerprint density at radius 1 is 1.09 bits per heavy atom. The number of hydrogen-bond acceptors (Lipinski definition) is 8. The van der Waals surface area contributed by atoms with E-state index in [0.29, 0.717) is 5.56 Å². The van der Waals surface area contributed by atoms with E-state index in [4.69, 9.17) is 8.92 Å². The third-order valence-electron chi connectivity index (χ3n) is 5.01. The third-order valence-corrected chi connectivity index (χ3v) is 6.38. The summed E-state index contributed by atoms with van der Waals surface area (Å²) in [6, 6.07) is 9.15. The lowest BCUT2D eigenvalue weighted by Crippen LogP contribution is -2.40. The van der Waals surface area contributed by atoms with Crippen molar-refractivity contribution in [2.24, 2.45) is 0 Å². The molecule has 3 rings (SSSR count). The van der Waals surface area contributed by atoms with Crippen LogP contribution in [0.25, 0.3) is 6.08 Å². The molecule has 1 fully saturated rings. The molecule has 2 aromatic rings. The Hall–Kier alpha value is -3.37. The number of amides is 1. The monoisotopic (exact) mass is 461 g/mol. The molecule has 0 saturated carbocycles. The molecule has 1 aliphatic heterocycles. The minimum absolute atomic E-state index is 0.0190. The first-order valence-electron chi connectivity index (χ1n) is 9.69. The average molecular weight is 461 g/mol. The van der Waals surface area contributed by atoms with Crippen LogP contribution in [0.15, 0.2) is 53.4 Å². The molecule has 0 spiro atoms. The standard InChI is InChI=1S/C22H23NO8S/c1-14-3-7-17(8-4-14)32(28,29)31-16-12-18(22(27)30-2)23(13-16)21(26)10-6-15-5-9-19(24)20(25)11-15/h3-11,16,18,24-25H,12-13H2,1-2H3/b10-6+. The number of phenols is 2. The smallest absolute Gasteiger partial charge is 0.328 e. The number of likely N-dealkylation sites (tertiary alicyclic amines) is 1. The fraction of sp³-hybridized carbons (Fsp3) is 0.273. The highest BCUT2D eigenvalue weighted by molar-refractivity contribution is 7.86. The van der Waals surface area contributed by atoms with E-state index in [2.05, 4.69) is 0 Å². The zero-order chi connectivity index (χ0) is 23.5. The van der Waals surface area contributed by atoms with Crippen molar-refractivity contribution in [3.8, 4) is 11.5 Å². The van der Waals surface area contributed by atoms with Crippen LogP contribution in [0.2, 0.25) is 0 Å². The van der Waals surface area contributed by atoms with Gasteiger partial charge < -0.3 is 19.8 Å². The highest BCUT2D eigenvalue weighted by Gasteiger charge is 2.42. The van der Waals surface area contributed by atoms with Gasteiger partial charge in [0.05, 0.1) is 18.1 Å². The molecule has 9 nitrogen and oxygen atoms in total. The summed E-state index contributed by atoms with van der Waals surface area (Å²) >= 11 is 0. The van der Waals surface area contributed by atoms with Crippen LogP contribution in [0.4, 0.5) is 0 Å². The summed E-state index contributed by atoms with van der Waals surface area (Å²) in [6.07, 6.45) is 1.60. The molecule has 10 heteroatoms. The SMILES string of the molecule is COC(=O)C1CC(OS(=O)(=O)c2ccc(C)cc2)CN1C(=O)/C=C/c1ccc(O)c(O)c1. The van der Waals surface area contributed by atoms with Gasteiger partial charge in [0.15, 0.2) is 11.5 Å². The minimum atomic E-state index is -4.09. The van der Waals surface area contributed by atoms with Crippen LogP contribution in [0, 0.1) is 6.92 Å². The summed E-state index contributed by atoms with van der Waals surface area (Å²) in [7, 11) is -2.91. The molecule has 32 heavy (non-hydrogen) atoms. The van der Waals surface area contributed by atoms with Crippen molar-refractivity contribution >= 4 is 28.1 Å². The number of nitrogens with zero attached hydrogens (tertiary/aromatic N) is 1. The van der Waals surface area contributed by atoms with E-state index in [0.717, 1.165) is 5.56 Å². The van der Waals surface area contributed by atoms with Gasteiger partial charge in [-0.05, 0) is 42.8 Å². The van der Waals surface area contributed by atoms with Crippen LogP contribution < -0.4 is 0 Å². The molecule has 170 valence electrons. The lowest BCUT2D eigenvalue weighted by Gasteiger charge is -2.20. The van der Waals surface area contributed by atoms with Crippen LogP contribution in [0.5, 0.6) is 11.5 Å². The third kappa shape index (κ3) is 5.27. The maximum absolute atomic E-state index is 12.7. The molecule has 1 heterocycles. The van der Waals surface area contributed by atoms with Crippen molar-refractivity contribution in [1.29, 1.82) is 0 Å². The largest absolute Gasteiger partial charge is 0.504 e. The molecule has 2 aromatic carbocycles. The van der Waals surface area contributed by atoms with Gasteiger partial charge in [0.1, 0.15) is 6.04 Å². The Balaban J connectivity index is 1.76. The van der Waals surface area contributed by atoms with E-state index in [-0.39, 0.29) is 29.4 Å². The summed E-state index contributed by atoms with van der Waals surface area (Å²) in [6.45, 7) is 1.70. The molecule has 0 radical (unpaired) electrons. The van der Waals surface area contributed by atoms with E-state index in [9.17, 15) is 28.2 Å². The van der Waals surface area contributed by atoms with Crippen molar-refractivity contribution < 1.29 is 37.1 Å². The molecular weight excluding hydrogens is 438 g/mol. The molecule has 1 aliphatic rings. The van der Waals surface area contributed by atoms with Crippen LogP contribution >= 0.6 is 0 Å². The maximum atomic E-state index is 12.7. The van der Waals surface area contributed by atoms with E-state index < -0.39 is 34.1 Å². The second-order valence-corrected chi connectivity index (χ2v) is 8.90. The molecule has 0 aliphatic carbocycles. The summed E-state index contributed by atoms with van der Waals surface area (Å²) in [5.74, 6) is -1.89. The van der Waals surface area contributed by atoms with Gasteiger partial charge in [-0.1, -0.05) is 23.8 Å². The van der Waals surface area contributed by atoms with E-state index in [1.54, 1.807) is 12.1 Å². The number of carbonyl (C=O) groups is 2. The lowest BCUT2D eigenvalue weighted by molar-refractivity contribution is -0.149. The minimum Gasteiger partial charge on any atom is -0.504 e. The number of esters is 1. The molecule has 0 bridgehead atoms. The zero-order valence-corrected chi connectivity index (χ0v) is 18.3. The summed E-state index contributed by atoms with van der Waals surface area (Å²) in [4.78, 5) is 26.1. The van der Waals surface area contributed by atoms with Crippen molar-refractivity contribution in [3.63, 3.8) is 0 Å². The molecule has 2 N–H and O–H groups in total. The van der Waals surface area contributed by atoms with Crippen molar-refractivity contribution in [2.75, 3.05) is 13.7 Å². The van der Waals surface area contributed by atoms with Crippen LogP contribution in [0.3, 0.4) is 0 Å². The fourth-order valence-electron chi connectivity index (χ4n) is 3.32. The first-order chi connectivity index (χ1) is 15.1. The molecule has 0 aromatic heterocycles. The fourth-order valence-corrected chi connectivity index (χ4v) is 4.40. The van der Waals surface area contributed by atoms with E-state index >= 15 is 0 Å². The predicted octanol–water partition coefficient (Wildman–Crippen LogP) is 1.97. The van der Waals surface area contributed by atoms with Gasteiger partial charge in [0.2, 0.25) is 5.91 Å². The van der Waals surface area contributed by atoms with Gasteiger partial charge >= 0.3 is 5.97 Å². The maximum Gasteiger partial charge on any atom is 0.328 e. The number of methoxy groups -OCH3 is 1. The Bertz CT molecular complexity index is 1140. The van der Waals surface area contributed by atoms with Crippen LogP contribution in [-0.2, 0) is 28.6 Å². The first-order valence-corrected chi connectivity index (χ1v) is 11.1. The summed E-state index contributed by atoms with van der Waals surface area (Å²) in [5.41, 5.74) is 1.33. The zero-order valence-electron chi connectivity index (χ0n) is 17.5. The number of hydrogen-bond donors (Lipinski definition) is 2. The number of aryl methyl sites for hydroxylation is 1. The number of rotatable bonds is 6. The highest BCUT2D eigenvalue weighted by atomic mass is 32.2. The molecule has 1 amide bonds. The number of carbonyl (C=O) groups excluding carboxylic acids is 2. The topological polar surface area (TPSA) is 130 Å². The molecular formula is C22H23NO8S. The quantitative estimate of drug-likeness (QED) is 0.289. The summed E-state index contributed by atoms with van der Waals surface area (Å²) < 4.78 is 35.3. The number of phenolic OH excluding ortho intramolecular Hbond substituents is 2. The van der Waals surface area contributed by atoms with Gasteiger partial charge in [0.25, 0.3) is 10.1 Å². The second kappa shape index (κ2) is 9.41. The van der Waals surface area contributed by atoms with Crippen LogP contribution in [-0.4, -0.2) is 61.2 Å². The number of ether oxygens (including phenoxy) is 1. The first kappa shape index (κ1) is 23.3. The second-order valence-electron chi connectivity index (χ2n) is 7.33. The molecule has 2 unspecified atom stereocenters. The Morgan fingerprint density at radius 2 is 1.78 bits per heavy atom. The van der Waals surface area contributed by atoms with E-state index in [1.807, 2.05) is 6.92 Å². The molecule has 2 atom stereocenters. The van der Waals surface area contributed by atoms with Gasteiger partial charge in [-0.15, -0.1) is 0 Å². The summed E-state index contributed by atoms with van der Waals surface area (Å²) in [5, 5.41) is 18.9. The van der Waals surface area contributed by atoms with Crippen LogP contribution in [0.1, 0.15) is 17.5 Å². The average Bonchev–Trinajstić information content (AvgIpc) is 3.17. The lowest BCUT2D eigenvalue weighted by atomic mass is 10.2. The number of benzene rings is 2. The van der Waals surface area contributed by atoms with Gasteiger partial charge in [-0.2, -0.15) is 8.42 Å². The van der Waals surface area contributed by atoms with Gasteiger partial charge in [-0.25, -0.2) is 4.79 Å². The highest BCUT2D eigenvalue weighted by Crippen LogP contribution is 2.27. The van der Waals surface area contributed by atoms with E-state index in [1.165, 1.54) is 54.5 Å². The van der Waals surface area contributed by atoms with Crippen molar-refractivity contribution in [1.82, 2.24) is 4.90 Å². The Kier molecular flexibility index (Phi) is 6.85. The number of aromatic hydroxyl groups is 2. The van der Waals surface area contributed by atoms with Gasteiger partial charge in [-0.3, -0.25) is 8.98 Å². The normalized spacial score (nSPS) is 18.8. The molecule has 1 saturated heterocycles. The Labute approximate surface area is 185 Å². The van der Waals surface area contributed by atoms with Gasteiger partial charge in [0, 0.05) is 19.0 Å². The predicted molar refractivity (Wildman–Crippen MR) is 114 cm³/mol. The van der Waals surface area contributed by atoms with Crippen molar-refractivity contribution in [3.05, 3.63) is 59.7 Å². The van der Waals surface area contributed by atoms with Crippen molar-refractivity contribution in [2.45, 2.75) is 30.4 Å².